The highest BCUT2D eigenvalue weighted by atomic mass is 127. The third-order valence-corrected chi connectivity index (χ3v) is 3.31. The van der Waals surface area contributed by atoms with E-state index in [4.69, 9.17) is 0 Å². The van der Waals surface area contributed by atoms with Crippen LogP contribution in [-0.4, -0.2) is 13.1 Å². The number of anilines is 1. The number of nitrogens with zero attached hydrogens (tertiary/aromatic N) is 1. The molecule has 0 aliphatic carbocycles. The highest BCUT2D eigenvalue weighted by Gasteiger charge is 2.14. The van der Waals surface area contributed by atoms with E-state index in [1.807, 2.05) is 0 Å². The molecule has 13 heavy (non-hydrogen) atoms. The second kappa shape index (κ2) is 3.86. The van der Waals surface area contributed by atoms with Gasteiger partial charge in [-0.25, -0.2) is 0 Å². The van der Waals surface area contributed by atoms with Gasteiger partial charge < -0.3 is 4.90 Å². The number of fused-ring (bicyclic) bond motifs is 1. The second-order valence-electron chi connectivity index (χ2n) is 3.46. The van der Waals surface area contributed by atoms with Crippen molar-refractivity contribution in [1.29, 1.82) is 0 Å². The Morgan fingerprint density at radius 2 is 2.31 bits per heavy atom. The van der Waals surface area contributed by atoms with Crippen molar-refractivity contribution in [2.24, 2.45) is 0 Å². The summed E-state index contributed by atoms with van der Waals surface area (Å²) in [7, 11) is 0. The summed E-state index contributed by atoms with van der Waals surface area (Å²) in [5.41, 5.74) is 2.98. The van der Waals surface area contributed by atoms with E-state index in [9.17, 15) is 0 Å². The monoisotopic (exact) mass is 287 g/mol. The maximum absolute atomic E-state index is 2.47. The average Bonchev–Trinajstić information content (AvgIpc) is 2.16. The normalized spacial score (nSPS) is 15.7. The van der Waals surface area contributed by atoms with Gasteiger partial charge in [-0.2, -0.15) is 0 Å². The van der Waals surface area contributed by atoms with Crippen LogP contribution in [0.1, 0.15) is 18.9 Å². The molecular weight excluding hydrogens is 273 g/mol. The van der Waals surface area contributed by atoms with E-state index in [1.165, 1.54) is 34.2 Å². The number of benzene rings is 1. The highest BCUT2D eigenvalue weighted by Crippen LogP contribution is 2.27. The molecule has 1 aromatic carbocycles. The van der Waals surface area contributed by atoms with E-state index in [0.29, 0.717) is 0 Å². The molecule has 0 unspecified atom stereocenters. The van der Waals surface area contributed by atoms with Crippen LogP contribution in [0.3, 0.4) is 0 Å². The third kappa shape index (κ3) is 1.82. The molecule has 2 rings (SSSR count). The van der Waals surface area contributed by atoms with Gasteiger partial charge in [0.2, 0.25) is 0 Å². The van der Waals surface area contributed by atoms with Crippen molar-refractivity contribution in [3.05, 3.63) is 27.3 Å². The Kier molecular flexibility index (Phi) is 2.77. The quantitative estimate of drug-likeness (QED) is 0.718. The Bertz CT molecular complexity index is 309. The standard InChI is InChI=1S/C11H14IN/c1-2-13-7-3-4-9-8-10(12)5-6-11(9)13/h5-6,8H,2-4,7H2,1H3. The summed E-state index contributed by atoms with van der Waals surface area (Å²) in [5.74, 6) is 0. The van der Waals surface area contributed by atoms with Crippen molar-refractivity contribution >= 4 is 28.3 Å². The predicted octanol–water partition coefficient (Wildman–Crippen LogP) is 3.06. The number of halogens is 1. The van der Waals surface area contributed by atoms with Gasteiger partial charge in [0, 0.05) is 22.3 Å². The number of rotatable bonds is 1. The first-order valence-electron chi connectivity index (χ1n) is 4.84. The first-order chi connectivity index (χ1) is 6.31. The summed E-state index contributed by atoms with van der Waals surface area (Å²) >= 11 is 2.39. The lowest BCUT2D eigenvalue weighted by atomic mass is 10.0. The van der Waals surface area contributed by atoms with Crippen LogP contribution in [0.15, 0.2) is 18.2 Å². The first kappa shape index (κ1) is 9.31. The van der Waals surface area contributed by atoms with Gasteiger partial charge in [-0.1, -0.05) is 0 Å². The van der Waals surface area contributed by atoms with Crippen molar-refractivity contribution in [3.8, 4) is 0 Å². The molecule has 1 aromatic rings. The molecule has 0 N–H and O–H groups in total. The molecule has 1 nitrogen and oxygen atoms in total. The summed E-state index contributed by atoms with van der Waals surface area (Å²) in [5, 5.41) is 0. The van der Waals surface area contributed by atoms with Crippen LogP contribution in [0.5, 0.6) is 0 Å². The van der Waals surface area contributed by atoms with Crippen molar-refractivity contribution in [1.82, 2.24) is 0 Å². The predicted molar refractivity (Wildman–Crippen MR) is 65.4 cm³/mol. The van der Waals surface area contributed by atoms with E-state index in [-0.39, 0.29) is 0 Å². The van der Waals surface area contributed by atoms with E-state index >= 15 is 0 Å². The van der Waals surface area contributed by atoms with E-state index in [1.54, 1.807) is 0 Å². The molecule has 0 atom stereocenters. The Morgan fingerprint density at radius 3 is 3.08 bits per heavy atom. The molecule has 0 aromatic heterocycles. The van der Waals surface area contributed by atoms with Crippen LogP contribution in [0.2, 0.25) is 0 Å². The molecule has 0 bridgehead atoms. The molecular formula is C11H14IN. The zero-order valence-electron chi connectivity index (χ0n) is 7.89. The summed E-state index contributed by atoms with van der Waals surface area (Å²) in [6.45, 7) is 4.59. The number of aryl methyl sites for hydroxylation is 1. The molecule has 0 radical (unpaired) electrons. The summed E-state index contributed by atoms with van der Waals surface area (Å²) < 4.78 is 1.36. The summed E-state index contributed by atoms with van der Waals surface area (Å²) in [6, 6.07) is 6.78. The fraction of sp³-hybridized carbons (Fsp3) is 0.455. The number of hydrogen-bond donors (Lipinski definition) is 0. The van der Waals surface area contributed by atoms with Crippen molar-refractivity contribution in [3.63, 3.8) is 0 Å². The van der Waals surface area contributed by atoms with Crippen LogP contribution in [0, 0.1) is 3.57 Å². The van der Waals surface area contributed by atoms with Crippen LogP contribution >= 0.6 is 22.6 Å². The van der Waals surface area contributed by atoms with Gasteiger partial charge in [0.1, 0.15) is 0 Å². The first-order valence-corrected chi connectivity index (χ1v) is 5.92. The lowest BCUT2D eigenvalue weighted by Gasteiger charge is -2.30. The Hall–Kier alpha value is -0.250. The minimum Gasteiger partial charge on any atom is -0.372 e. The average molecular weight is 287 g/mol. The van der Waals surface area contributed by atoms with Crippen LogP contribution in [0.25, 0.3) is 0 Å². The molecule has 70 valence electrons. The zero-order chi connectivity index (χ0) is 9.26. The third-order valence-electron chi connectivity index (χ3n) is 2.64. The molecule has 0 fully saturated rings. The summed E-state index contributed by atoms with van der Waals surface area (Å²) in [4.78, 5) is 2.47. The van der Waals surface area contributed by atoms with Gasteiger partial charge in [0.15, 0.2) is 0 Å². The van der Waals surface area contributed by atoms with Gasteiger partial charge in [0.05, 0.1) is 0 Å². The smallest absolute Gasteiger partial charge is 0.0399 e. The van der Waals surface area contributed by atoms with Gasteiger partial charge in [-0.3, -0.25) is 0 Å². The van der Waals surface area contributed by atoms with Crippen LogP contribution < -0.4 is 4.90 Å². The van der Waals surface area contributed by atoms with E-state index in [2.05, 4.69) is 52.6 Å². The van der Waals surface area contributed by atoms with Gasteiger partial charge in [-0.05, 0) is 66.1 Å². The zero-order valence-corrected chi connectivity index (χ0v) is 10.0. The Balaban J connectivity index is 2.40. The Morgan fingerprint density at radius 1 is 1.46 bits per heavy atom. The van der Waals surface area contributed by atoms with Gasteiger partial charge >= 0.3 is 0 Å². The molecule has 0 amide bonds. The van der Waals surface area contributed by atoms with E-state index in [0.717, 1.165) is 6.54 Å². The van der Waals surface area contributed by atoms with Crippen molar-refractivity contribution in [2.45, 2.75) is 19.8 Å². The lowest BCUT2D eigenvalue weighted by Crippen LogP contribution is -2.28. The molecule has 0 saturated heterocycles. The maximum Gasteiger partial charge on any atom is 0.0399 e. The molecule has 1 aliphatic heterocycles. The second-order valence-corrected chi connectivity index (χ2v) is 4.70. The van der Waals surface area contributed by atoms with Crippen LogP contribution in [-0.2, 0) is 6.42 Å². The molecule has 0 saturated carbocycles. The molecule has 1 heterocycles. The molecule has 2 heteroatoms. The lowest BCUT2D eigenvalue weighted by molar-refractivity contribution is 0.707. The minimum absolute atomic E-state index is 1.13. The van der Waals surface area contributed by atoms with Crippen LogP contribution in [0.4, 0.5) is 5.69 Å². The highest BCUT2D eigenvalue weighted by molar-refractivity contribution is 14.1. The SMILES string of the molecule is CCN1CCCc2cc(I)ccc21. The van der Waals surface area contributed by atoms with E-state index < -0.39 is 0 Å². The van der Waals surface area contributed by atoms with Gasteiger partial charge in [-0.15, -0.1) is 0 Å². The molecule has 0 spiro atoms. The maximum atomic E-state index is 2.47. The number of hydrogen-bond acceptors (Lipinski definition) is 1. The fourth-order valence-electron chi connectivity index (χ4n) is 1.97. The molecule has 1 aliphatic rings. The van der Waals surface area contributed by atoms with Crippen molar-refractivity contribution < 1.29 is 0 Å². The van der Waals surface area contributed by atoms with Gasteiger partial charge in [0.25, 0.3) is 0 Å². The fourth-order valence-corrected chi connectivity index (χ4v) is 2.53. The topological polar surface area (TPSA) is 3.24 Å². The largest absolute Gasteiger partial charge is 0.372 e. The summed E-state index contributed by atoms with van der Waals surface area (Å²) in [6.07, 6.45) is 2.56. The van der Waals surface area contributed by atoms with Crippen molar-refractivity contribution in [2.75, 3.05) is 18.0 Å². The Labute approximate surface area is 93.3 Å². The minimum atomic E-state index is 1.13.